The van der Waals surface area contributed by atoms with Crippen molar-refractivity contribution in [1.82, 2.24) is 5.43 Å². The molecule has 0 aliphatic rings. The fraction of sp³-hybridized carbons (Fsp3) is 0.0714. The lowest BCUT2D eigenvalue weighted by Crippen LogP contribution is -2.43. The topological polar surface area (TPSA) is 92.5 Å². The van der Waals surface area contributed by atoms with Crippen LogP contribution < -0.4 is 15.6 Å². The van der Waals surface area contributed by atoms with E-state index < -0.39 is 22.5 Å². The second kappa shape index (κ2) is 7.31. The molecule has 0 saturated carbocycles. The summed E-state index contributed by atoms with van der Waals surface area (Å²) in [5.74, 6) is 4.44. The molecule has 2 rings (SSSR count). The maximum absolute atomic E-state index is 12.8. The third kappa shape index (κ3) is 4.23. The Balaban J connectivity index is 2.49. The van der Waals surface area contributed by atoms with Crippen LogP contribution in [-0.2, 0) is 14.8 Å². The van der Waals surface area contributed by atoms with Crippen LogP contribution in [0.2, 0.25) is 5.02 Å². The van der Waals surface area contributed by atoms with Crippen molar-refractivity contribution in [3.05, 3.63) is 58.0 Å². The Morgan fingerprint density at radius 1 is 1.13 bits per heavy atom. The number of hydrazine groups is 1. The summed E-state index contributed by atoms with van der Waals surface area (Å²) in [4.78, 5) is 11.7. The molecule has 0 fully saturated rings. The number of rotatable bonds is 5. The number of benzene rings is 2. The lowest BCUT2D eigenvalue weighted by molar-refractivity contribution is -0.119. The van der Waals surface area contributed by atoms with Crippen molar-refractivity contribution >= 4 is 49.1 Å². The highest BCUT2D eigenvalue weighted by Crippen LogP contribution is 2.25. The maximum atomic E-state index is 12.8. The van der Waals surface area contributed by atoms with Crippen molar-refractivity contribution in [1.29, 1.82) is 0 Å². The molecule has 0 heterocycles. The van der Waals surface area contributed by atoms with Gasteiger partial charge in [0, 0.05) is 9.50 Å². The summed E-state index contributed by atoms with van der Waals surface area (Å²) in [5.41, 5.74) is 2.24. The summed E-state index contributed by atoms with van der Waals surface area (Å²) >= 11 is 9.08. The molecule has 0 aliphatic heterocycles. The molecular formula is C14H13BrClN3O3S. The van der Waals surface area contributed by atoms with Crippen LogP contribution in [0.1, 0.15) is 0 Å². The predicted molar refractivity (Wildman–Crippen MR) is 92.5 cm³/mol. The Kier molecular flexibility index (Phi) is 5.64. The standard InChI is InChI=1S/C14H13BrClN3O3S/c15-10-1-7-13(8-2-10)23(21,22)19(9-14(20)18-17)12-5-3-11(16)4-6-12/h1-8H,9,17H2,(H,18,20). The van der Waals surface area contributed by atoms with Gasteiger partial charge >= 0.3 is 0 Å². The van der Waals surface area contributed by atoms with Crippen LogP contribution in [0.25, 0.3) is 0 Å². The molecule has 6 nitrogen and oxygen atoms in total. The number of hydrogen-bond acceptors (Lipinski definition) is 4. The van der Waals surface area contributed by atoms with Crippen LogP contribution in [0.4, 0.5) is 5.69 Å². The van der Waals surface area contributed by atoms with Crippen molar-refractivity contribution in [2.45, 2.75) is 4.90 Å². The van der Waals surface area contributed by atoms with Gasteiger partial charge < -0.3 is 0 Å². The second-order valence-corrected chi connectivity index (χ2v) is 7.72. The van der Waals surface area contributed by atoms with Crippen molar-refractivity contribution < 1.29 is 13.2 Å². The Hall–Kier alpha value is -1.61. The van der Waals surface area contributed by atoms with Gasteiger partial charge in [0.25, 0.3) is 15.9 Å². The number of nitrogens with one attached hydrogen (secondary N) is 1. The van der Waals surface area contributed by atoms with Gasteiger partial charge in [-0.05, 0) is 48.5 Å². The molecule has 1 amide bonds. The highest BCUT2D eigenvalue weighted by atomic mass is 79.9. The number of nitrogens with zero attached hydrogens (tertiary/aromatic N) is 1. The van der Waals surface area contributed by atoms with E-state index in [4.69, 9.17) is 17.4 Å². The summed E-state index contributed by atoms with van der Waals surface area (Å²) in [7, 11) is -3.94. The van der Waals surface area contributed by atoms with Gasteiger partial charge in [-0.25, -0.2) is 14.3 Å². The number of sulfonamides is 1. The Morgan fingerprint density at radius 3 is 2.22 bits per heavy atom. The van der Waals surface area contributed by atoms with Crippen molar-refractivity contribution in [3.8, 4) is 0 Å². The van der Waals surface area contributed by atoms with Crippen molar-refractivity contribution in [2.24, 2.45) is 5.84 Å². The Morgan fingerprint density at radius 2 is 1.70 bits per heavy atom. The number of carbonyl (C=O) groups is 1. The van der Waals surface area contributed by atoms with Crippen LogP contribution in [-0.4, -0.2) is 20.9 Å². The van der Waals surface area contributed by atoms with E-state index in [9.17, 15) is 13.2 Å². The average molecular weight is 419 g/mol. The zero-order chi connectivity index (χ0) is 17.0. The number of halogens is 2. The predicted octanol–water partition coefficient (Wildman–Crippen LogP) is 2.29. The number of hydrogen-bond donors (Lipinski definition) is 2. The van der Waals surface area contributed by atoms with Gasteiger partial charge in [-0.2, -0.15) is 0 Å². The molecule has 0 atom stereocenters. The van der Waals surface area contributed by atoms with E-state index in [2.05, 4.69) is 15.9 Å². The van der Waals surface area contributed by atoms with Crippen molar-refractivity contribution in [3.63, 3.8) is 0 Å². The van der Waals surface area contributed by atoms with Gasteiger partial charge in [-0.3, -0.25) is 14.5 Å². The molecule has 0 unspecified atom stereocenters. The maximum Gasteiger partial charge on any atom is 0.264 e. The monoisotopic (exact) mass is 417 g/mol. The fourth-order valence-corrected chi connectivity index (χ4v) is 3.64. The highest BCUT2D eigenvalue weighted by molar-refractivity contribution is 9.10. The smallest absolute Gasteiger partial charge is 0.264 e. The largest absolute Gasteiger partial charge is 0.293 e. The van der Waals surface area contributed by atoms with Gasteiger partial charge in [0.15, 0.2) is 0 Å². The molecule has 0 spiro atoms. The minimum atomic E-state index is -3.94. The average Bonchev–Trinajstić information content (AvgIpc) is 2.53. The molecular weight excluding hydrogens is 406 g/mol. The van der Waals surface area contributed by atoms with Crippen LogP contribution in [0.3, 0.4) is 0 Å². The van der Waals surface area contributed by atoms with E-state index >= 15 is 0 Å². The van der Waals surface area contributed by atoms with Crippen molar-refractivity contribution in [2.75, 3.05) is 10.8 Å². The van der Waals surface area contributed by atoms with Crippen LogP contribution >= 0.6 is 27.5 Å². The van der Waals surface area contributed by atoms with E-state index in [0.717, 1.165) is 8.78 Å². The summed E-state index contributed by atoms with van der Waals surface area (Å²) in [6.07, 6.45) is 0. The minimum Gasteiger partial charge on any atom is -0.293 e. The van der Waals surface area contributed by atoms with Gasteiger partial charge in [0.05, 0.1) is 10.6 Å². The normalized spacial score (nSPS) is 11.1. The highest BCUT2D eigenvalue weighted by Gasteiger charge is 2.26. The van der Waals surface area contributed by atoms with Gasteiger partial charge in [-0.1, -0.05) is 27.5 Å². The molecule has 9 heteroatoms. The first-order chi connectivity index (χ1) is 10.8. The third-order valence-electron chi connectivity index (χ3n) is 2.96. The number of anilines is 1. The molecule has 0 aromatic heterocycles. The molecule has 0 radical (unpaired) electrons. The van der Waals surface area contributed by atoms with Gasteiger partial charge in [0.1, 0.15) is 6.54 Å². The second-order valence-electron chi connectivity index (χ2n) is 4.51. The van der Waals surface area contributed by atoms with E-state index in [-0.39, 0.29) is 4.90 Å². The first kappa shape index (κ1) is 17.7. The molecule has 23 heavy (non-hydrogen) atoms. The molecule has 122 valence electrons. The molecule has 2 aromatic carbocycles. The third-order valence-corrected chi connectivity index (χ3v) is 5.53. The Bertz CT molecular complexity index is 795. The lowest BCUT2D eigenvalue weighted by Gasteiger charge is -2.23. The number of nitrogens with two attached hydrogens (primary N) is 1. The summed E-state index contributed by atoms with van der Waals surface area (Å²) < 4.78 is 27.4. The summed E-state index contributed by atoms with van der Waals surface area (Å²) in [6, 6.07) is 12.2. The zero-order valence-electron chi connectivity index (χ0n) is 11.7. The van der Waals surface area contributed by atoms with Crippen LogP contribution in [0.5, 0.6) is 0 Å². The molecule has 2 aromatic rings. The number of amides is 1. The molecule has 0 aliphatic carbocycles. The van der Waals surface area contributed by atoms with Gasteiger partial charge in [-0.15, -0.1) is 0 Å². The quantitative estimate of drug-likeness (QED) is 0.443. The first-order valence-electron chi connectivity index (χ1n) is 6.38. The zero-order valence-corrected chi connectivity index (χ0v) is 14.9. The molecule has 0 bridgehead atoms. The van der Waals surface area contributed by atoms with Crippen LogP contribution in [0, 0.1) is 0 Å². The summed E-state index contributed by atoms with van der Waals surface area (Å²) in [6.45, 7) is -0.448. The van der Waals surface area contributed by atoms with E-state index in [1.54, 1.807) is 24.3 Å². The van der Waals surface area contributed by atoms with E-state index in [1.807, 2.05) is 5.43 Å². The molecule has 0 saturated heterocycles. The Labute approximate surface area is 147 Å². The van der Waals surface area contributed by atoms with E-state index in [1.165, 1.54) is 24.3 Å². The summed E-state index contributed by atoms with van der Waals surface area (Å²) in [5, 5.41) is 0.456. The number of carbonyl (C=O) groups excluding carboxylic acids is 1. The minimum absolute atomic E-state index is 0.0560. The SMILES string of the molecule is NNC(=O)CN(c1ccc(Cl)cc1)S(=O)(=O)c1ccc(Br)cc1. The molecule has 3 N–H and O–H groups in total. The fourth-order valence-electron chi connectivity index (χ4n) is 1.83. The first-order valence-corrected chi connectivity index (χ1v) is 8.99. The van der Waals surface area contributed by atoms with Crippen LogP contribution in [0.15, 0.2) is 57.9 Å². The lowest BCUT2D eigenvalue weighted by atomic mass is 10.3. The van der Waals surface area contributed by atoms with E-state index in [0.29, 0.717) is 10.7 Å². The van der Waals surface area contributed by atoms with Gasteiger partial charge in [0.2, 0.25) is 0 Å².